The van der Waals surface area contributed by atoms with Crippen molar-refractivity contribution < 1.29 is 4.79 Å². The zero-order chi connectivity index (χ0) is 16.9. The van der Waals surface area contributed by atoms with Gasteiger partial charge in [0.1, 0.15) is 0 Å². The van der Waals surface area contributed by atoms with Crippen molar-refractivity contribution in [1.82, 2.24) is 20.2 Å². The number of hydrogen-bond acceptors (Lipinski definition) is 5. The third-order valence-corrected chi connectivity index (χ3v) is 4.35. The highest BCUT2D eigenvalue weighted by atomic mass is 32.2. The summed E-state index contributed by atoms with van der Waals surface area (Å²) in [4.78, 5) is 20.7. The highest BCUT2D eigenvalue weighted by Gasteiger charge is 2.17. The molecule has 122 valence electrons. The number of aromatic nitrogens is 4. The zero-order valence-corrected chi connectivity index (χ0v) is 14.2. The molecule has 0 bridgehead atoms. The zero-order valence-electron chi connectivity index (χ0n) is 13.4. The number of nitrogens with one attached hydrogen (secondary N) is 2. The summed E-state index contributed by atoms with van der Waals surface area (Å²) in [6, 6.07) is 11.4. The Morgan fingerprint density at radius 1 is 1.17 bits per heavy atom. The highest BCUT2D eigenvalue weighted by Crippen LogP contribution is 2.23. The lowest BCUT2D eigenvalue weighted by atomic mass is 10.2. The third kappa shape index (κ3) is 3.99. The largest absolute Gasteiger partial charge is 0.325 e. The van der Waals surface area contributed by atoms with Crippen LogP contribution in [0.2, 0.25) is 0 Å². The van der Waals surface area contributed by atoms with Gasteiger partial charge in [0, 0.05) is 23.6 Å². The van der Waals surface area contributed by atoms with E-state index in [0.29, 0.717) is 11.0 Å². The minimum atomic E-state index is -0.313. The van der Waals surface area contributed by atoms with Crippen molar-refractivity contribution in [2.24, 2.45) is 0 Å². The summed E-state index contributed by atoms with van der Waals surface area (Å²) in [5.74, 6) is 0.574. The predicted octanol–water partition coefficient (Wildman–Crippen LogP) is 3.29. The molecule has 2 heterocycles. The molecule has 6 nitrogen and oxygen atoms in total. The Kier molecular flexibility index (Phi) is 4.90. The smallest absolute Gasteiger partial charge is 0.237 e. The summed E-state index contributed by atoms with van der Waals surface area (Å²) in [5, 5.41) is 10.2. The van der Waals surface area contributed by atoms with Gasteiger partial charge in [0.25, 0.3) is 0 Å². The molecule has 0 aliphatic rings. The first-order valence-corrected chi connectivity index (χ1v) is 8.37. The summed E-state index contributed by atoms with van der Waals surface area (Å²) < 4.78 is 0. The Labute approximate surface area is 144 Å². The second kappa shape index (κ2) is 7.27. The summed E-state index contributed by atoms with van der Waals surface area (Å²) in [6.45, 7) is 3.84. The Hall–Kier alpha value is -2.67. The molecule has 2 N–H and O–H groups in total. The van der Waals surface area contributed by atoms with Crippen molar-refractivity contribution in [2.45, 2.75) is 24.3 Å². The molecule has 24 heavy (non-hydrogen) atoms. The van der Waals surface area contributed by atoms with Crippen molar-refractivity contribution in [1.29, 1.82) is 0 Å². The standard InChI is InChI=1S/C17H17N5OS/c1-11-3-5-14(6-4-11)19-16(23)12(2)24-17-20-15(21-22-17)13-7-9-18-10-8-13/h3-10,12H,1-2H3,(H,19,23)(H,20,21,22)/t12-/m0/s1. The topological polar surface area (TPSA) is 83.6 Å². The molecular weight excluding hydrogens is 322 g/mol. The average Bonchev–Trinajstić information content (AvgIpc) is 3.06. The van der Waals surface area contributed by atoms with Gasteiger partial charge in [-0.15, -0.1) is 5.10 Å². The molecule has 7 heteroatoms. The molecule has 1 aromatic carbocycles. The monoisotopic (exact) mass is 339 g/mol. The molecule has 1 amide bonds. The number of thioether (sulfide) groups is 1. The van der Waals surface area contributed by atoms with Gasteiger partial charge in [0.15, 0.2) is 5.82 Å². The normalized spacial score (nSPS) is 11.9. The Morgan fingerprint density at radius 3 is 2.58 bits per heavy atom. The van der Waals surface area contributed by atoms with Gasteiger partial charge in [-0.25, -0.2) is 4.98 Å². The predicted molar refractivity (Wildman–Crippen MR) is 94.7 cm³/mol. The van der Waals surface area contributed by atoms with E-state index in [1.54, 1.807) is 12.4 Å². The lowest BCUT2D eigenvalue weighted by Crippen LogP contribution is -2.22. The molecule has 0 saturated carbocycles. The van der Waals surface area contributed by atoms with Gasteiger partial charge in [-0.05, 0) is 38.1 Å². The van der Waals surface area contributed by atoms with Gasteiger partial charge < -0.3 is 5.32 Å². The Morgan fingerprint density at radius 2 is 1.88 bits per heavy atom. The number of carbonyl (C=O) groups is 1. The highest BCUT2D eigenvalue weighted by molar-refractivity contribution is 8.00. The van der Waals surface area contributed by atoms with Crippen LogP contribution in [0.25, 0.3) is 11.4 Å². The van der Waals surface area contributed by atoms with Crippen molar-refractivity contribution >= 4 is 23.4 Å². The van der Waals surface area contributed by atoms with Gasteiger partial charge in [-0.3, -0.25) is 14.9 Å². The molecule has 0 aliphatic carbocycles. The molecular formula is C17H17N5OS. The van der Waals surface area contributed by atoms with Crippen molar-refractivity contribution in [3.05, 3.63) is 54.4 Å². The fourth-order valence-corrected chi connectivity index (χ4v) is 2.75. The molecule has 1 atom stereocenters. The van der Waals surface area contributed by atoms with Crippen molar-refractivity contribution in [3.63, 3.8) is 0 Å². The van der Waals surface area contributed by atoms with E-state index in [1.807, 2.05) is 50.2 Å². The van der Waals surface area contributed by atoms with Gasteiger partial charge in [0.05, 0.1) is 5.25 Å². The molecule has 0 fully saturated rings. The molecule has 0 spiro atoms. The quantitative estimate of drug-likeness (QED) is 0.697. The maximum Gasteiger partial charge on any atom is 0.237 e. The number of anilines is 1. The molecule has 0 saturated heterocycles. The number of carbonyl (C=O) groups excluding carboxylic acids is 1. The first-order chi connectivity index (χ1) is 11.6. The molecule has 0 aliphatic heterocycles. The fourth-order valence-electron chi connectivity index (χ4n) is 2.03. The van der Waals surface area contributed by atoms with Crippen LogP contribution in [-0.2, 0) is 4.79 Å². The molecule has 3 aromatic rings. The summed E-state index contributed by atoms with van der Waals surface area (Å²) in [6.07, 6.45) is 3.39. The van der Waals surface area contributed by atoms with Gasteiger partial charge in [-0.2, -0.15) is 0 Å². The Bertz CT molecular complexity index is 817. The van der Waals surface area contributed by atoms with E-state index in [-0.39, 0.29) is 11.2 Å². The van der Waals surface area contributed by atoms with Crippen LogP contribution in [0.3, 0.4) is 0 Å². The van der Waals surface area contributed by atoms with E-state index >= 15 is 0 Å². The molecule has 0 unspecified atom stereocenters. The average molecular weight is 339 g/mol. The molecule has 2 aromatic heterocycles. The minimum absolute atomic E-state index is 0.0842. The SMILES string of the molecule is Cc1ccc(NC(=O)[C@H](C)Sc2n[nH]c(-c3ccncc3)n2)cc1. The van der Waals surface area contributed by atoms with Crippen LogP contribution in [0.4, 0.5) is 5.69 Å². The van der Waals surface area contributed by atoms with Gasteiger partial charge in [-0.1, -0.05) is 29.5 Å². The number of benzene rings is 1. The van der Waals surface area contributed by atoms with Crippen LogP contribution >= 0.6 is 11.8 Å². The number of H-pyrrole nitrogens is 1. The second-order valence-electron chi connectivity index (χ2n) is 5.32. The Balaban J connectivity index is 1.62. The number of amides is 1. The van der Waals surface area contributed by atoms with Crippen LogP contribution < -0.4 is 5.32 Å². The summed E-state index contributed by atoms with van der Waals surface area (Å²) in [5.41, 5.74) is 2.84. The number of hydrogen-bond donors (Lipinski definition) is 2. The van der Waals surface area contributed by atoms with Crippen LogP contribution in [-0.4, -0.2) is 31.3 Å². The second-order valence-corrected chi connectivity index (χ2v) is 6.63. The number of aryl methyl sites for hydroxylation is 1. The summed E-state index contributed by atoms with van der Waals surface area (Å²) in [7, 11) is 0. The maximum atomic E-state index is 12.3. The van der Waals surface area contributed by atoms with Crippen molar-refractivity contribution in [2.75, 3.05) is 5.32 Å². The van der Waals surface area contributed by atoms with Crippen LogP contribution in [0, 0.1) is 6.92 Å². The van der Waals surface area contributed by atoms with Crippen LogP contribution in [0.15, 0.2) is 53.9 Å². The number of pyridine rings is 1. The van der Waals surface area contributed by atoms with E-state index in [9.17, 15) is 4.79 Å². The summed E-state index contributed by atoms with van der Waals surface area (Å²) >= 11 is 1.31. The number of aromatic amines is 1. The minimum Gasteiger partial charge on any atom is -0.325 e. The van der Waals surface area contributed by atoms with E-state index in [2.05, 4.69) is 25.5 Å². The van der Waals surface area contributed by atoms with E-state index in [0.717, 1.165) is 16.8 Å². The van der Waals surface area contributed by atoms with Crippen LogP contribution in [0.5, 0.6) is 0 Å². The molecule has 3 rings (SSSR count). The lowest BCUT2D eigenvalue weighted by molar-refractivity contribution is -0.115. The lowest BCUT2D eigenvalue weighted by Gasteiger charge is -2.10. The number of rotatable bonds is 5. The fraction of sp³-hybridized carbons (Fsp3) is 0.176. The van der Waals surface area contributed by atoms with E-state index < -0.39 is 0 Å². The molecule has 0 radical (unpaired) electrons. The van der Waals surface area contributed by atoms with Gasteiger partial charge in [0.2, 0.25) is 11.1 Å². The maximum absolute atomic E-state index is 12.3. The van der Waals surface area contributed by atoms with Crippen LogP contribution in [0.1, 0.15) is 12.5 Å². The number of nitrogens with zero attached hydrogens (tertiary/aromatic N) is 3. The first kappa shape index (κ1) is 16.2. The van der Waals surface area contributed by atoms with Crippen molar-refractivity contribution in [3.8, 4) is 11.4 Å². The first-order valence-electron chi connectivity index (χ1n) is 7.49. The third-order valence-electron chi connectivity index (χ3n) is 3.39. The van der Waals surface area contributed by atoms with E-state index in [4.69, 9.17) is 0 Å². The van der Waals surface area contributed by atoms with Gasteiger partial charge >= 0.3 is 0 Å². The van der Waals surface area contributed by atoms with E-state index in [1.165, 1.54) is 11.8 Å².